The Kier molecular flexibility index (Phi) is 4.96. The van der Waals surface area contributed by atoms with Gasteiger partial charge in [-0.1, -0.05) is 6.07 Å². The third kappa shape index (κ3) is 3.24. The number of anilines is 1. The van der Waals surface area contributed by atoms with Crippen molar-refractivity contribution in [1.82, 2.24) is 0 Å². The summed E-state index contributed by atoms with van der Waals surface area (Å²) in [5.74, 6) is 3.07. The minimum atomic E-state index is 0.374. The number of alkyl halides is 1. The van der Waals surface area contributed by atoms with Crippen LogP contribution in [-0.4, -0.2) is 26.3 Å². The number of nitrogens with two attached hydrogens (primary N) is 1. The van der Waals surface area contributed by atoms with Gasteiger partial charge in [0.2, 0.25) is 0 Å². The monoisotopic (exact) mass is 389 g/mol. The average Bonchev–Trinajstić information content (AvgIpc) is 3.17. The molecule has 27 heavy (non-hydrogen) atoms. The van der Waals surface area contributed by atoms with Gasteiger partial charge in [-0.2, -0.15) is 4.89 Å². The molecule has 0 unspecified atom stereocenters. The summed E-state index contributed by atoms with van der Waals surface area (Å²) in [5.41, 5.74) is 8.37. The standard InChI is InChI=1S/C19H20ClN3O4/c1-24-17-8-12-14(9-18(17)25-7-3-6-20)22-11-23(19(12)21)15-4-2-5-16-13(15)10-26-27-16/h2,4-5,8-9H,3,6-7,10-11,21H2,1H3. The maximum Gasteiger partial charge on any atom is 0.173 e. The Morgan fingerprint density at radius 1 is 1.30 bits per heavy atom. The van der Waals surface area contributed by atoms with Gasteiger partial charge in [-0.05, 0) is 24.6 Å². The molecule has 7 nitrogen and oxygen atoms in total. The van der Waals surface area contributed by atoms with Crippen LogP contribution in [0.15, 0.2) is 35.3 Å². The summed E-state index contributed by atoms with van der Waals surface area (Å²) in [5, 5.41) is 1.56. The van der Waals surface area contributed by atoms with E-state index in [1.54, 1.807) is 7.11 Å². The zero-order valence-corrected chi connectivity index (χ0v) is 15.7. The lowest BCUT2D eigenvalue weighted by Gasteiger charge is -2.27. The molecule has 0 aromatic heterocycles. The number of nitrogens with zero attached hydrogens (tertiary/aromatic N) is 2. The molecule has 0 spiro atoms. The number of methoxy groups -OCH3 is 1. The number of hydrogen-bond donors (Lipinski definition) is 1. The molecule has 2 aromatic rings. The van der Waals surface area contributed by atoms with Gasteiger partial charge in [0.15, 0.2) is 17.2 Å². The predicted molar refractivity (Wildman–Crippen MR) is 101 cm³/mol. The van der Waals surface area contributed by atoms with Crippen molar-refractivity contribution < 1.29 is 19.2 Å². The first-order chi connectivity index (χ1) is 13.2. The topological polar surface area (TPSA) is 78.5 Å². The van der Waals surface area contributed by atoms with E-state index in [0.717, 1.165) is 28.2 Å². The summed E-state index contributed by atoms with van der Waals surface area (Å²) in [4.78, 5) is 16.9. The van der Waals surface area contributed by atoms with E-state index in [2.05, 4.69) is 4.99 Å². The maximum atomic E-state index is 6.50. The van der Waals surface area contributed by atoms with Gasteiger partial charge in [-0.15, -0.1) is 11.6 Å². The van der Waals surface area contributed by atoms with Crippen molar-refractivity contribution in [2.45, 2.75) is 13.0 Å². The molecule has 0 radical (unpaired) electrons. The van der Waals surface area contributed by atoms with Crippen LogP contribution in [0.25, 0.3) is 5.82 Å². The van der Waals surface area contributed by atoms with Crippen LogP contribution in [0, 0.1) is 0 Å². The van der Waals surface area contributed by atoms with E-state index < -0.39 is 0 Å². The molecule has 0 aliphatic carbocycles. The SMILES string of the molecule is COc1cc2c(cc1OCCCCl)=NCN(c1cccc3c1COO3)C=2N. The summed E-state index contributed by atoms with van der Waals surface area (Å²) in [7, 11) is 1.60. The number of rotatable bonds is 6. The number of halogens is 1. The summed E-state index contributed by atoms with van der Waals surface area (Å²) < 4.78 is 11.3. The molecule has 0 amide bonds. The molecule has 0 atom stereocenters. The molecule has 0 saturated heterocycles. The second kappa shape index (κ2) is 7.54. The highest BCUT2D eigenvalue weighted by molar-refractivity contribution is 6.17. The summed E-state index contributed by atoms with van der Waals surface area (Å²) in [6.07, 6.45) is 0.754. The van der Waals surface area contributed by atoms with E-state index >= 15 is 0 Å². The summed E-state index contributed by atoms with van der Waals surface area (Å²) >= 11 is 5.72. The van der Waals surface area contributed by atoms with E-state index in [0.29, 0.717) is 48.8 Å². The highest BCUT2D eigenvalue weighted by Crippen LogP contribution is 2.35. The third-order valence-corrected chi connectivity index (χ3v) is 4.79. The number of hydrogen-bond acceptors (Lipinski definition) is 7. The molecule has 2 aliphatic heterocycles. The van der Waals surface area contributed by atoms with Crippen LogP contribution >= 0.6 is 11.6 Å². The highest BCUT2D eigenvalue weighted by atomic mass is 35.5. The number of benzene rings is 2. The molecule has 0 fully saturated rings. The fourth-order valence-corrected chi connectivity index (χ4v) is 3.26. The second-order valence-corrected chi connectivity index (χ2v) is 6.50. The largest absolute Gasteiger partial charge is 0.493 e. The Labute approximate surface area is 161 Å². The lowest BCUT2D eigenvalue weighted by molar-refractivity contribution is -0.194. The van der Waals surface area contributed by atoms with E-state index in [-0.39, 0.29) is 0 Å². The van der Waals surface area contributed by atoms with Crippen molar-refractivity contribution >= 4 is 23.1 Å². The lowest BCUT2D eigenvalue weighted by Crippen LogP contribution is -2.44. The second-order valence-electron chi connectivity index (χ2n) is 6.12. The molecule has 142 valence electrons. The predicted octanol–water partition coefficient (Wildman–Crippen LogP) is 1.65. The van der Waals surface area contributed by atoms with Gasteiger partial charge in [0.05, 0.1) is 30.3 Å². The Morgan fingerprint density at radius 3 is 3.00 bits per heavy atom. The zero-order valence-electron chi connectivity index (χ0n) is 14.9. The minimum Gasteiger partial charge on any atom is -0.493 e. The minimum absolute atomic E-state index is 0.374. The molecule has 0 bridgehead atoms. The molecule has 8 heteroatoms. The van der Waals surface area contributed by atoms with Crippen molar-refractivity contribution in [2.75, 3.05) is 31.2 Å². The van der Waals surface area contributed by atoms with E-state index in [4.69, 9.17) is 36.6 Å². The summed E-state index contributed by atoms with van der Waals surface area (Å²) in [6, 6.07) is 9.45. The van der Waals surface area contributed by atoms with Gasteiger partial charge in [0.25, 0.3) is 0 Å². The highest BCUT2D eigenvalue weighted by Gasteiger charge is 2.24. The molecular formula is C19H20ClN3O4. The first-order valence-corrected chi connectivity index (χ1v) is 9.16. The van der Waals surface area contributed by atoms with Gasteiger partial charge in [-0.3, -0.25) is 4.99 Å². The fraction of sp³-hybridized carbons (Fsp3) is 0.316. The van der Waals surface area contributed by atoms with Gasteiger partial charge in [0, 0.05) is 17.2 Å². The Bertz CT molecular complexity index is 980. The van der Waals surface area contributed by atoms with Crippen molar-refractivity contribution in [3.63, 3.8) is 0 Å². The molecule has 2 N–H and O–H groups in total. The van der Waals surface area contributed by atoms with Gasteiger partial charge in [-0.25, -0.2) is 0 Å². The molecule has 2 aliphatic rings. The van der Waals surface area contributed by atoms with Gasteiger partial charge >= 0.3 is 0 Å². The van der Waals surface area contributed by atoms with Crippen LogP contribution in [0.2, 0.25) is 0 Å². The van der Waals surface area contributed by atoms with Crippen LogP contribution < -0.4 is 35.6 Å². The number of fused-ring (bicyclic) bond motifs is 2. The van der Waals surface area contributed by atoms with E-state index in [1.807, 2.05) is 35.2 Å². The fourth-order valence-electron chi connectivity index (χ4n) is 3.15. The molecule has 2 heterocycles. The van der Waals surface area contributed by atoms with Crippen LogP contribution in [0.5, 0.6) is 17.2 Å². The first kappa shape index (κ1) is 17.8. The van der Waals surface area contributed by atoms with Crippen LogP contribution in [-0.2, 0) is 11.5 Å². The summed E-state index contributed by atoms with van der Waals surface area (Å²) in [6.45, 7) is 1.28. The van der Waals surface area contributed by atoms with E-state index in [9.17, 15) is 0 Å². The van der Waals surface area contributed by atoms with Crippen molar-refractivity contribution in [1.29, 1.82) is 0 Å². The Hall–Kier alpha value is -2.64. The number of ether oxygens (including phenoxy) is 2. The molecular weight excluding hydrogens is 370 g/mol. The van der Waals surface area contributed by atoms with Gasteiger partial charge < -0.3 is 25.0 Å². The van der Waals surface area contributed by atoms with Crippen LogP contribution in [0.3, 0.4) is 0 Å². The Balaban J connectivity index is 1.76. The van der Waals surface area contributed by atoms with Crippen molar-refractivity contribution in [2.24, 2.45) is 10.7 Å². The van der Waals surface area contributed by atoms with Crippen molar-refractivity contribution in [3.8, 4) is 17.2 Å². The zero-order chi connectivity index (χ0) is 18.8. The Morgan fingerprint density at radius 2 is 2.19 bits per heavy atom. The first-order valence-electron chi connectivity index (χ1n) is 8.63. The average molecular weight is 390 g/mol. The molecule has 2 aromatic carbocycles. The quantitative estimate of drug-likeness (QED) is 0.460. The van der Waals surface area contributed by atoms with E-state index in [1.165, 1.54) is 0 Å². The van der Waals surface area contributed by atoms with Gasteiger partial charge in [0.1, 0.15) is 19.1 Å². The van der Waals surface area contributed by atoms with Crippen molar-refractivity contribution in [3.05, 3.63) is 46.5 Å². The van der Waals surface area contributed by atoms with Crippen LogP contribution in [0.1, 0.15) is 12.0 Å². The van der Waals surface area contributed by atoms with Crippen LogP contribution in [0.4, 0.5) is 5.69 Å². The smallest absolute Gasteiger partial charge is 0.173 e. The molecule has 4 rings (SSSR count). The maximum absolute atomic E-state index is 6.50. The third-order valence-electron chi connectivity index (χ3n) is 4.52. The normalized spacial score (nSPS) is 14.9. The lowest BCUT2D eigenvalue weighted by atomic mass is 10.1. The molecule has 0 saturated carbocycles.